The Kier molecular flexibility index (Phi) is 2.11. The van der Waals surface area contributed by atoms with Gasteiger partial charge in [0, 0.05) is 21.4 Å². The minimum Gasteiger partial charge on any atom is -0.316 e. The lowest BCUT2D eigenvalue weighted by molar-refractivity contribution is 1.30. The van der Waals surface area contributed by atoms with Crippen molar-refractivity contribution in [3.63, 3.8) is 0 Å². The van der Waals surface area contributed by atoms with E-state index in [0.717, 1.165) is 4.47 Å². The monoisotopic (exact) mass is 271 g/mol. The maximum Gasteiger partial charge on any atom is 0.0546 e. The Morgan fingerprint density at radius 2 is 1.75 bits per heavy atom. The molecule has 0 saturated carbocycles. The molecule has 0 N–H and O–H groups in total. The summed E-state index contributed by atoms with van der Waals surface area (Å²) in [6, 6.07) is 14.6. The molecule has 0 aliphatic rings. The Balaban J connectivity index is 2.70. The van der Waals surface area contributed by atoms with Crippen LogP contribution in [0.25, 0.3) is 28.0 Å². The second-order valence-corrected chi connectivity index (χ2v) is 4.56. The van der Waals surface area contributed by atoms with E-state index >= 15 is 0 Å². The van der Waals surface area contributed by atoms with Crippen molar-refractivity contribution in [3.05, 3.63) is 53.5 Å². The zero-order chi connectivity index (χ0) is 11.1. The molecular weight excluding hydrogens is 262 g/mol. The average molecular weight is 272 g/mol. The molecule has 3 aromatic rings. The molecule has 2 aromatic carbocycles. The van der Waals surface area contributed by atoms with Gasteiger partial charge in [0.05, 0.1) is 11.0 Å². The Hall–Kier alpha value is -1.54. The number of rotatable bonds is 1. The van der Waals surface area contributed by atoms with E-state index in [2.05, 4.69) is 63.5 Å². The average Bonchev–Trinajstić information content (AvgIpc) is 2.64. The van der Waals surface area contributed by atoms with Crippen LogP contribution in [0.15, 0.2) is 53.5 Å². The van der Waals surface area contributed by atoms with Crippen molar-refractivity contribution >= 4 is 43.9 Å². The summed E-state index contributed by atoms with van der Waals surface area (Å²) in [5.41, 5.74) is 2.38. The standard InChI is InChI=1S/C14H10BrN/c1-2-16-12-8-4-3-6-10(12)14-11(15)7-5-9-13(14)16/h2-9H,1H2. The van der Waals surface area contributed by atoms with Crippen LogP contribution in [-0.4, -0.2) is 4.57 Å². The quantitative estimate of drug-likeness (QED) is 0.607. The van der Waals surface area contributed by atoms with Crippen LogP contribution < -0.4 is 0 Å². The number of hydrogen-bond donors (Lipinski definition) is 0. The predicted molar refractivity (Wildman–Crippen MR) is 73.5 cm³/mol. The van der Waals surface area contributed by atoms with Crippen molar-refractivity contribution in [2.24, 2.45) is 0 Å². The van der Waals surface area contributed by atoms with E-state index in [9.17, 15) is 0 Å². The van der Waals surface area contributed by atoms with Gasteiger partial charge in [-0.05, 0) is 18.2 Å². The first-order chi connectivity index (χ1) is 7.83. The van der Waals surface area contributed by atoms with Gasteiger partial charge in [-0.3, -0.25) is 0 Å². The molecule has 0 bridgehead atoms. The van der Waals surface area contributed by atoms with Gasteiger partial charge >= 0.3 is 0 Å². The van der Waals surface area contributed by atoms with Crippen LogP contribution in [0, 0.1) is 0 Å². The smallest absolute Gasteiger partial charge is 0.0546 e. The normalized spacial score (nSPS) is 11.1. The number of halogens is 1. The molecule has 16 heavy (non-hydrogen) atoms. The second-order valence-electron chi connectivity index (χ2n) is 3.70. The highest BCUT2D eigenvalue weighted by Crippen LogP contribution is 2.33. The second kappa shape index (κ2) is 3.49. The molecule has 2 heteroatoms. The fourth-order valence-electron chi connectivity index (χ4n) is 2.20. The number of aromatic nitrogens is 1. The van der Waals surface area contributed by atoms with Crippen molar-refractivity contribution < 1.29 is 0 Å². The van der Waals surface area contributed by atoms with Gasteiger partial charge in [0.1, 0.15) is 0 Å². The lowest BCUT2D eigenvalue weighted by atomic mass is 10.2. The summed E-state index contributed by atoms with van der Waals surface area (Å²) in [4.78, 5) is 0. The molecule has 1 nitrogen and oxygen atoms in total. The summed E-state index contributed by atoms with van der Waals surface area (Å²) < 4.78 is 3.25. The number of benzene rings is 2. The minimum atomic E-state index is 1.13. The third-order valence-corrected chi connectivity index (χ3v) is 3.53. The van der Waals surface area contributed by atoms with Gasteiger partial charge in [0.25, 0.3) is 0 Å². The summed E-state index contributed by atoms with van der Waals surface area (Å²) in [5.74, 6) is 0. The molecule has 78 valence electrons. The largest absolute Gasteiger partial charge is 0.316 e. The van der Waals surface area contributed by atoms with Crippen molar-refractivity contribution in [2.45, 2.75) is 0 Å². The van der Waals surface area contributed by atoms with E-state index < -0.39 is 0 Å². The van der Waals surface area contributed by atoms with Crippen molar-refractivity contribution in [2.75, 3.05) is 0 Å². The Morgan fingerprint density at radius 3 is 2.56 bits per heavy atom. The molecule has 0 amide bonds. The van der Waals surface area contributed by atoms with Gasteiger partial charge in [0.2, 0.25) is 0 Å². The van der Waals surface area contributed by atoms with E-state index in [0.29, 0.717) is 0 Å². The minimum absolute atomic E-state index is 1.13. The van der Waals surface area contributed by atoms with Gasteiger partial charge < -0.3 is 4.57 Å². The summed E-state index contributed by atoms with van der Waals surface area (Å²) in [5, 5.41) is 2.50. The van der Waals surface area contributed by atoms with Crippen LogP contribution in [0.2, 0.25) is 0 Å². The lowest BCUT2D eigenvalue weighted by Crippen LogP contribution is -1.83. The lowest BCUT2D eigenvalue weighted by Gasteiger charge is -1.98. The first-order valence-corrected chi connectivity index (χ1v) is 5.92. The van der Waals surface area contributed by atoms with E-state index in [1.54, 1.807) is 0 Å². The number of hydrogen-bond acceptors (Lipinski definition) is 0. The topological polar surface area (TPSA) is 4.93 Å². The Labute approximate surface area is 102 Å². The first kappa shape index (κ1) is 9.67. The fourth-order valence-corrected chi connectivity index (χ4v) is 2.77. The van der Waals surface area contributed by atoms with Crippen molar-refractivity contribution in [1.82, 2.24) is 4.57 Å². The van der Waals surface area contributed by atoms with Crippen molar-refractivity contribution in [1.29, 1.82) is 0 Å². The van der Waals surface area contributed by atoms with E-state index in [1.165, 1.54) is 21.8 Å². The van der Waals surface area contributed by atoms with Gasteiger partial charge in [-0.1, -0.05) is 46.8 Å². The summed E-state index contributed by atoms with van der Waals surface area (Å²) in [6.45, 7) is 3.88. The molecular formula is C14H10BrN. The summed E-state index contributed by atoms with van der Waals surface area (Å²) >= 11 is 3.61. The van der Waals surface area contributed by atoms with E-state index in [4.69, 9.17) is 0 Å². The highest BCUT2D eigenvalue weighted by Gasteiger charge is 2.09. The molecule has 0 aliphatic carbocycles. The van der Waals surface area contributed by atoms with Crippen LogP contribution in [0.3, 0.4) is 0 Å². The molecule has 0 atom stereocenters. The van der Waals surface area contributed by atoms with E-state index in [1.807, 2.05) is 12.3 Å². The molecule has 0 radical (unpaired) electrons. The number of para-hydroxylation sites is 1. The molecule has 0 fully saturated rings. The molecule has 3 rings (SSSR count). The third kappa shape index (κ3) is 1.17. The Morgan fingerprint density at radius 1 is 1.00 bits per heavy atom. The van der Waals surface area contributed by atoms with Crippen LogP contribution in [-0.2, 0) is 0 Å². The third-order valence-electron chi connectivity index (χ3n) is 2.87. The van der Waals surface area contributed by atoms with Crippen LogP contribution >= 0.6 is 15.9 Å². The van der Waals surface area contributed by atoms with Gasteiger partial charge in [-0.25, -0.2) is 0 Å². The molecule has 0 aliphatic heterocycles. The highest BCUT2D eigenvalue weighted by molar-refractivity contribution is 9.10. The number of fused-ring (bicyclic) bond motifs is 3. The maximum absolute atomic E-state index is 3.88. The van der Waals surface area contributed by atoms with Gasteiger partial charge in [-0.15, -0.1) is 0 Å². The summed E-state index contributed by atoms with van der Waals surface area (Å²) in [7, 11) is 0. The number of nitrogens with zero attached hydrogens (tertiary/aromatic N) is 1. The van der Waals surface area contributed by atoms with Gasteiger partial charge in [0.15, 0.2) is 0 Å². The van der Waals surface area contributed by atoms with Crippen LogP contribution in [0.1, 0.15) is 0 Å². The molecule has 0 spiro atoms. The molecule has 1 aromatic heterocycles. The van der Waals surface area contributed by atoms with Gasteiger partial charge in [-0.2, -0.15) is 0 Å². The molecule has 0 saturated heterocycles. The van der Waals surface area contributed by atoms with Crippen molar-refractivity contribution in [3.8, 4) is 0 Å². The summed E-state index contributed by atoms with van der Waals surface area (Å²) in [6.07, 6.45) is 1.86. The maximum atomic E-state index is 3.88. The molecule has 0 unspecified atom stereocenters. The SMILES string of the molecule is C=Cn1c2ccccc2c2c(Br)cccc21. The zero-order valence-electron chi connectivity index (χ0n) is 8.65. The fraction of sp³-hybridized carbons (Fsp3) is 0. The zero-order valence-corrected chi connectivity index (χ0v) is 10.2. The Bertz CT molecular complexity index is 694. The highest BCUT2D eigenvalue weighted by atomic mass is 79.9. The molecule has 1 heterocycles. The predicted octanol–water partition coefficient (Wildman–Crippen LogP) is 4.66. The van der Waals surface area contributed by atoms with Crippen LogP contribution in [0.5, 0.6) is 0 Å². The first-order valence-electron chi connectivity index (χ1n) is 5.12. The van der Waals surface area contributed by atoms with E-state index in [-0.39, 0.29) is 0 Å². The van der Waals surface area contributed by atoms with Crippen LogP contribution in [0.4, 0.5) is 0 Å².